The van der Waals surface area contributed by atoms with Crippen LogP contribution in [-0.2, 0) is 39.0 Å². The molecular weight excluding hydrogens is 1010 g/mol. The van der Waals surface area contributed by atoms with Crippen molar-refractivity contribution in [2.75, 3.05) is 49.8 Å². The predicted octanol–water partition coefficient (Wildman–Crippen LogP) is 9.73. The molecule has 4 N–H and O–H groups in total. The molecule has 408 valence electrons. The fraction of sp³-hybridized carbons (Fsp3) is 0.404. The molecule has 0 radical (unpaired) electrons. The average Bonchev–Trinajstić information content (AvgIpc) is 4.38. The SMILES string of the molecule is C.CC(=O)Cc1cc(Oc2ccc3nc(Nc4cc(C5CC5)cn(C5CCCOC5)c4=O)n(C)c3n2)ccn1.CNc1nc(Oc2ccnc(CC(C)=O)c2)ccc1N.N#CSc1cc(C2CC2)cn(C2CCCOC2)c1=O. The van der Waals surface area contributed by atoms with Gasteiger partial charge in [-0.05, 0) is 136 Å². The molecule has 7 aromatic rings. The van der Waals surface area contributed by atoms with Crippen LogP contribution >= 0.6 is 11.8 Å². The largest absolute Gasteiger partial charge is 0.439 e. The van der Waals surface area contributed by atoms with Gasteiger partial charge in [-0.25, -0.2) is 4.98 Å². The van der Waals surface area contributed by atoms with E-state index in [0.29, 0.717) is 98.9 Å². The van der Waals surface area contributed by atoms with Crippen LogP contribution in [0.1, 0.15) is 119 Å². The summed E-state index contributed by atoms with van der Waals surface area (Å²) in [5, 5.41) is 17.0. The van der Waals surface area contributed by atoms with Gasteiger partial charge < -0.3 is 44.4 Å². The number of pyridine rings is 6. The second-order valence-corrected chi connectivity index (χ2v) is 20.4. The number of nitrogens with one attached hydrogen (secondary N) is 2. The highest BCUT2D eigenvalue weighted by molar-refractivity contribution is 8.03. The first-order valence-corrected chi connectivity index (χ1v) is 26.7. The molecule has 0 aromatic carbocycles. The number of imidazole rings is 1. The third kappa shape index (κ3) is 14.5. The molecule has 2 aliphatic heterocycles. The van der Waals surface area contributed by atoms with Crippen molar-refractivity contribution < 1.29 is 28.5 Å². The van der Waals surface area contributed by atoms with Crippen LogP contribution < -0.4 is 37.0 Å². The van der Waals surface area contributed by atoms with Gasteiger partial charge in [-0.2, -0.15) is 15.2 Å². The zero-order valence-electron chi connectivity index (χ0n) is 43.6. The Balaban J connectivity index is 0.000000169. The number of anilines is 4. The van der Waals surface area contributed by atoms with Crippen LogP contribution in [0.25, 0.3) is 11.2 Å². The number of Topliss-reactive ketones (excluding diaryl/α,β-unsaturated/α-hetero) is 2. The highest BCUT2D eigenvalue weighted by Gasteiger charge is 2.29. The lowest BCUT2D eigenvalue weighted by atomic mass is 10.1. The number of hydrogen-bond acceptors (Lipinski definition) is 18. The zero-order chi connectivity index (χ0) is 54.0. The van der Waals surface area contributed by atoms with E-state index in [2.05, 4.69) is 35.6 Å². The summed E-state index contributed by atoms with van der Waals surface area (Å²) in [7, 11) is 3.59. The number of carbonyl (C=O) groups is 2. The fourth-order valence-electron chi connectivity index (χ4n) is 9.17. The van der Waals surface area contributed by atoms with E-state index in [-0.39, 0.29) is 55.0 Å². The van der Waals surface area contributed by atoms with Gasteiger partial charge in [-0.15, -0.1) is 0 Å². The molecule has 78 heavy (non-hydrogen) atoms. The fourth-order valence-corrected chi connectivity index (χ4v) is 9.66. The smallest absolute Gasteiger partial charge is 0.274 e. The number of nitrogens with two attached hydrogens (primary N) is 1. The Morgan fingerprint density at radius 3 is 1.83 bits per heavy atom. The summed E-state index contributed by atoms with van der Waals surface area (Å²) in [6.45, 7) is 5.74. The topological polar surface area (TPSA) is 258 Å². The number of nitrogen functional groups attached to an aromatic ring is 1. The number of hydrogen-bond donors (Lipinski definition) is 3. The molecule has 4 aliphatic rings. The van der Waals surface area contributed by atoms with Crippen molar-refractivity contribution in [2.24, 2.45) is 7.05 Å². The molecule has 0 spiro atoms. The van der Waals surface area contributed by atoms with Gasteiger partial charge in [0.25, 0.3) is 11.1 Å². The number of fused-ring (bicyclic) bond motifs is 1. The van der Waals surface area contributed by atoms with Crippen molar-refractivity contribution in [3.05, 3.63) is 129 Å². The van der Waals surface area contributed by atoms with Crippen molar-refractivity contribution in [2.45, 2.75) is 114 Å². The Hall–Kier alpha value is -7.93. The Bertz CT molecular complexity index is 3430. The van der Waals surface area contributed by atoms with Gasteiger partial charge in [0.05, 0.1) is 47.3 Å². The van der Waals surface area contributed by atoms with E-state index in [0.717, 1.165) is 63.5 Å². The van der Waals surface area contributed by atoms with Gasteiger partial charge in [-0.3, -0.25) is 33.7 Å². The first-order valence-electron chi connectivity index (χ1n) is 25.8. The number of aryl methyl sites for hydroxylation is 1. The number of thiocyanates is 1. The van der Waals surface area contributed by atoms with E-state index in [1.165, 1.54) is 37.8 Å². The number of thioether (sulfide) groups is 1. The minimum absolute atomic E-state index is 0. The molecule has 0 amide bonds. The molecular formula is C57H66N12O8S. The van der Waals surface area contributed by atoms with E-state index in [1.807, 2.05) is 52.2 Å². The van der Waals surface area contributed by atoms with Crippen molar-refractivity contribution >= 4 is 57.6 Å². The van der Waals surface area contributed by atoms with Crippen LogP contribution in [0, 0.1) is 10.7 Å². The molecule has 4 fully saturated rings. The molecule has 2 aliphatic carbocycles. The number of nitriles is 1. The van der Waals surface area contributed by atoms with E-state index in [1.54, 1.807) is 66.5 Å². The molecule has 11 rings (SSSR count). The highest BCUT2D eigenvalue weighted by atomic mass is 32.2. The minimum atomic E-state index is -0.0759. The molecule has 2 unspecified atom stereocenters. The second kappa shape index (κ2) is 25.9. The molecule has 7 aromatic heterocycles. The predicted molar refractivity (Wildman–Crippen MR) is 299 cm³/mol. The summed E-state index contributed by atoms with van der Waals surface area (Å²) in [6, 6.07) is 17.9. The Morgan fingerprint density at radius 1 is 0.756 bits per heavy atom. The standard InChI is InChI=1S/C28H30N6O4.C14H16N4O2.C14H16N2O2S.CH4/c1-17(35)12-20-14-22(9-10-29-20)38-25-8-7-23-26(32-25)33(2)28(30-23)31-24-13-19(18-5-6-18)15-34(27(24)36)21-4-3-11-37-16-21;1-9(19)7-10-8-11(5-6-17-10)20-13-4-3-12(15)14(16-2)18-13;15-9-19-13-6-11(10-3-4-10)7-16(14(13)17)12-2-1-5-18-8-12;/h7-10,13-15,18,21H,3-6,11-12,16H2,1-2H3,(H,30,31);3-6,8H,7,15H2,1-2H3,(H,16,18);6-7,10,12H,1-5,8H2;1H4. The number of nitrogens with zero attached hydrogens (tertiary/aromatic N) is 9. The van der Waals surface area contributed by atoms with Gasteiger partial charge in [0.2, 0.25) is 17.7 Å². The van der Waals surface area contributed by atoms with E-state index < -0.39 is 0 Å². The van der Waals surface area contributed by atoms with E-state index >= 15 is 0 Å². The third-order valence-electron chi connectivity index (χ3n) is 13.4. The lowest BCUT2D eigenvalue weighted by molar-refractivity contribution is -0.117. The van der Waals surface area contributed by atoms with Crippen molar-refractivity contribution in [1.82, 2.24) is 38.6 Å². The Labute approximate surface area is 456 Å². The lowest BCUT2D eigenvalue weighted by Gasteiger charge is -2.25. The number of ether oxygens (including phenoxy) is 4. The van der Waals surface area contributed by atoms with E-state index in [9.17, 15) is 19.2 Å². The van der Waals surface area contributed by atoms with Crippen molar-refractivity contribution in [1.29, 1.82) is 5.26 Å². The molecule has 21 heteroatoms. The summed E-state index contributed by atoms with van der Waals surface area (Å²) in [6.07, 6.45) is 16.3. The van der Waals surface area contributed by atoms with Crippen LogP contribution in [0.5, 0.6) is 23.3 Å². The maximum atomic E-state index is 13.5. The summed E-state index contributed by atoms with van der Waals surface area (Å²) < 4.78 is 28.2. The van der Waals surface area contributed by atoms with Crippen LogP contribution in [-0.4, -0.2) is 83.7 Å². The third-order valence-corrected chi connectivity index (χ3v) is 14.0. The number of aromatic nitrogens is 8. The quantitative estimate of drug-likeness (QED) is 0.0601. The van der Waals surface area contributed by atoms with Crippen molar-refractivity contribution in [3.63, 3.8) is 0 Å². The summed E-state index contributed by atoms with van der Waals surface area (Å²) in [4.78, 5) is 70.9. The second-order valence-electron chi connectivity index (χ2n) is 19.6. The van der Waals surface area contributed by atoms with Crippen LogP contribution in [0.2, 0.25) is 0 Å². The number of rotatable bonds is 16. The van der Waals surface area contributed by atoms with Gasteiger partial charge in [0, 0.05) is 89.2 Å². The summed E-state index contributed by atoms with van der Waals surface area (Å²) in [5.74, 6) is 4.18. The normalized spacial score (nSPS) is 16.7. The maximum absolute atomic E-state index is 13.5. The Kier molecular flexibility index (Phi) is 18.7. The van der Waals surface area contributed by atoms with Crippen LogP contribution in [0.4, 0.5) is 23.1 Å². The molecule has 9 heterocycles. The zero-order valence-corrected chi connectivity index (χ0v) is 44.4. The molecule has 2 saturated carbocycles. The first kappa shape index (κ1) is 56.3. The number of ketones is 2. The molecule has 20 nitrogen and oxygen atoms in total. The Morgan fingerprint density at radius 2 is 1.31 bits per heavy atom. The monoisotopic (exact) mass is 1080 g/mol. The summed E-state index contributed by atoms with van der Waals surface area (Å²) in [5.41, 5.74) is 11.6. The first-order chi connectivity index (χ1) is 37.3. The van der Waals surface area contributed by atoms with Gasteiger partial charge >= 0.3 is 0 Å². The molecule has 2 saturated heterocycles. The highest BCUT2D eigenvalue weighted by Crippen LogP contribution is 2.42. The average molecular weight is 1080 g/mol. The van der Waals surface area contributed by atoms with E-state index in [4.69, 9.17) is 29.9 Å². The van der Waals surface area contributed by atoms with Crippen LogP contribution in [0.3, 0.4) is 0 Å². The van der Waals surface area contributed by atoms with Gasteiger partial charge in [0.15, 0.2) is 11.5 Å². The van der Waals surface area contributed by atoms with Crippen molar-refractivity contribution in [3.8, 4) is 28.7 Å². The van der Waals surface area contributed by atoms with Gasteiger partial charge in [0.1, 0.15) is 39.7 Å². The summed E-state index contributed by atoms with van der Waals surface area (Å²) >= 11 is 0.971. The number of carbonyl (C=O) groups excluding carboxylic acids is 2. The maximum Gasteiger partial charge on any atom is 0.274 e. The minimum Gasteiger partial charge on any atom is -0.439 e. The van der Waals surface area contributed by atoms with Gasteiger partial charge in [-0.1, -0.05) is 7.43 Å². The lowest BCUT2D eigenvalue weighted by Crippen LogP contribution is -2.31. The molecule has 0 bridgehead atoms. The van der Waals surface area contributed by atoms with Crippen LogP contribution in [0.15, 0.2) is 99.9 Å². The molecule has 2 atom stereocenters.